The van der Waals surface area contributed by atoms with Crippen LogP contribution in [0.3, 0.4) is 0 Å². The Morgan fingerprint density at radius 1 is 1.35 bits per heavy atom. The zero-order valence-electron chi connectivity index (χ0n) is 11.2. The van der Waals surface area contributed by atoms with Crippen molar-refractivity contribution < 1.29 is 9.84 Å². The van der Waals surface area contributed by atoms with Crippen LogP contribution in [0.5, 0.6) is 0 Å². The number of aromatic amines is 1. The molecule has 2 aliphatic rings. The summed E-state index contributed by atoms with van der Waals surface area (Å²) in [5.41, 5.74) is -0.883. The van der Waals surface area contributed by atoms with Gasteiger partial charge in [-0.1, -0.05) is 0 Å². The van der Waals surface area contributed by atoms with Crippen molar-refractivity contribution in [3.63, 3.8) is 0 Å². The molecule has 110 valence electrons. The minimum absolute atomic E-state index is 0.0566. The molecule has 3 heterocycles. The topological polar surface area (TPSA) is 87.6 Å². The Bertz CT molecular complexity index is 575. The maximum absolute atomic E-state index is 11.9. The van der Waals surface area contributed by atoms with Crippen molar-refractivity contribution in [1.29, 1.82) is 0 Å². The fourth-order valence-corrected chi connectivity index (χ4v) is 3.13. The van der Waals surface area contributed by atoms with Crippen molar-refractivity contribution in [2.75, 3.05) is 19.7 Å². The second-order valence-electron chi connectivity index (χ2n) is 5.39. The van der Waals surface area contributed by atoms with E-state index in [4.69, 9.17) is 4.74 Å². The molecule has 3 rings (SSSR count). The quantitative estimate of drug-likeness (QED) is 0.763. The number of rotatable bonds is 3. The Hall–Kier alpha value is -1.44. The molecular weight excluding hydrogens is 262 g/mol. The van der Waals surface area contributed by atoms with Crippen molar-refractivity contribution >= 4 is 0 Å². The predicted molar refractivity (Wildman–Crippen MR) is 71.5 cm³/mol. The molecule has 2 fully saturated rings. The van der Waals surface area contributed by atoms with Crippen LogP contribution in [-0.4, -0.2) is 51.4 Å². The molecule has 0 saturated carbocycles. The van der Waals surface area contributed by atoms with Gasteiger partial charge in [-0.3, -0.25) is 19.2 Å². The van der Waals surface area contributed by atoms with Crippen LogP contribution in [0.15, 0.2) is 21.9 Å². The van der Waals surface area contributed by atoms with Gasteiger partial charge in [-0.15, -0.1) is 0 Å². The lowest BCUT2D eigenvalue weighted by Crippen LogP contribution is -2.41. The largest absolute Gasteiger partial charge is 0.394 e. The first-order valence-corrected chi connectivity index (χ1v) is 7.01. The van der Waals surface area contributed by atoms with Crippen molar-refractivity contribution in [2.24, 2.45) is 0 Å². The highest BCUT2D eigenvalue weighted by atomic mass is 16.5. The number of nitrogens with zero attached hydrogens (tertiary/aromatic N) is 2. The van der Waals surface area contributed by atoms with Crippen LogP contribution in [0, 0.1) is 0 Å². The summed E-state index contributed by atoms with van der Waals surface area (Å²) in [5, 5.41) is 9.32. The molecule has 2 saturated heterocycles. The zero-order chi connectivity index (χ0) is 14.1. The zero-order valence-corrected chi connectivity index (χ0v) is 11.2. The van der Waals surface area contributed by atoms with E-state index >= 15 is 0 Å². The molecule has 0 aliphatic carbocycles. The van der Waals surface area contributed by atoms with Crippen LogP contribution < -0.4 is 11.2 Å². The Morgan fingerprint density at radius 3 is 2.75 bits per heavy atom. The van der Waals surface area contributed by atoms with Gasteiger partial charge < -0.3 is 9.84 Å². The van der Waals surface area contributed by atoms with Crippen molar-refractivity contribution in [1.82, 2.24) is 14.5 Å². The smallest absolute Gasteiger partial charge is 0.330 e. The number of aromatic nitrogens is 2. The van der Waals surface area contributed by atoms with Crippen LogP contribution in [0.25, 0.3) is 0 Å². The van der Waals surface area contributed by atoms with Gasteiger partial charge in [0.2, 0.25) is 0 Å². The molecule has 0 radical (unpaired) electrons. The van der Waals surface area contributed by atoms with Gasteiger partial charge in [0.1, 0.15) is 0 Å². The van der Waals surface area contributed by atoms with E-state index in [0.29, 0.717) is 6.42 Å². The van der Waals surface area contributed by atoms with Crippen LogP contribution in [0.2, 0.25) is 0 Å². The molecule has 3 atom stereocenters. The summed E-state index contributed by atoms with van der Waals surface area (Å²) in [5.74, 6) is 0. The summed E-state index contributed by atoms with van der Waals surface area (Å²) < 4.78 is 7.21. The molecule has 0 aromatic carbocycles. The second-order valence-corrected chi connectivity index (χ2v) is 5.39. The Kier molecular flexibility index (Phi) is 3.73. The second kappa shape index (κ2) is 5.51. The maximum Gasteiger partial charge on any atom is 0.330 e. The lowest BCUT2D eigenvalue weighted by atomic mass is 10.1. The molecule has 7 heteroatoms. The van der Waals surface area contributed by atoms with Crippen LogP contribution in [-0.2, 0) is 4.74 Å². The fraction of sp³-hybridized carbons (Fsp3) is 0.692. The Morgan fingerprint density at radius 2 is 2.10 bits per heavy atom. The third-order valence-corrected chi connectivity index (χ3v) is 4.10. The van der Waals surface area contributed by atoms with E-state index in [2.05, 4.69) is 9.88 Å². The highest BCUT2D eigenvalue weighted by Gasteiger charge is 2.40. The summed E-state index contributed by atoms with van der Waals surface area (Å²) in [6, 6.07) is 1.39. The monoisotopic (exact) mass is 281 g/mol. The molecule has 2 N–H and O–H groups in total. The van der Waals surface area contributed by atoms with Gasteiger partial charge in [0.05, 0.1) is 18.8 Å². The molecule has 0 bridgehead atoms. The number of hydrogen-bond acceptors (Lipinski definition) is 5. The fourth-order valence-electron chi connectivity index (χ4n) is 3.13. The van der Waals surface area contributed by atoms with Crippen LogP contribution >= 0.6 is 0 Å². The van der Waals surface area contributed by atoms with Gasteiger partial charge in [0, 0.05) is 12.3 Å². The standard InChI is InChI=1S/C13H19N3O4/c17-8-9-7-10(15-4-1-2-5-15)12(20-9)16-6-3-11(18)14-13(16)19/h3,6,9-10,12,17H,1-2,4-5,7-8H2,(H,14,18,19)/t9-,10?,12+/m0/s1. The lowest BCUT2D eigenvalue weighted by molar-refractivity contribution is -0.0413. The Balaban J connectivity index is 1.91. The van der Waals surface area contributed by atoms with Crippen molar-refractivity contribution in [3.05, 3.63) is 33.1 Å². The highest BCUT2D eigenvalue weighted by molar-refractivity contribution is 4.93. The maximum atomic E-state index is 11.9. The summed E-state index contributed by atoms with van der Waals surface area (Å²) in [6.45, 7) is 1.92. The average Bonchev–Trinajstić information content (AvgIpc) is 3.07. The first-order chi connectivity index (χ1) is 9.69. The first-order valence-electron chi connectivity index (χ1n) is 7.01. The van der Waals surface area contributed by atoms with Gasteiger partial charge in [0.15, 0.2) is 6.23 Å². The third kappa shape index (κ3) is 2.44. The minimum atomic E-state index is -0.467. The number of likely N-dealkylation sites (tertiary alicyclic amines) is 1. The van der Waals surface area contributed by atoms with Gasteiger partial charge in [-0.05, 0) is 32.4 Å². The number of H-pyrrole nitrogens is 1. The molecule has 1 unspecified atom stereocenters. The van der Waals surface area contributed by atoms with Gasteiger partial charge >= 0.3 is 5.69 Å². The molecule has 0 amide bonds. The number of aliphatic hydroxyl groups is 1. The molecule has 7 nitrogen and oxygen atoms in total. The summed E-state index contributed by atoms with van der Waals surface area (Å²) >= 11 is 0. The molecule has 1 aromatic rings. The van der Waals surface area contributed by atoms with Crippen LogP contribution in [0.1, 0.15) is 25.5 Å². The molecular formula is C13H19N3O4. The number of ether oxygens (including phenoxy) is 1. The van der Waals surface area contributed by atoms with Crippen molar-refractivity contribution in [3.8, 4) is 0 Å². The third-order valence-electron chi connectivity index (χ3n) is 4.10. The van der Waals surface area contributed by atoms with Gasteiger partial charge in [-0.2, -0.15) is 0 Å². The van der Waals surface area contributed by atoms with E-state index in [0.717, 1.165) is 25.9 Å². The van der Waals surface area contributed by atoms with Gasteiger partial charge in [0.25, 0.3) is 5.56 Å². The first kappa shape index (κ1) is 13.5. The SMILES string of the molecule is O=c1ccn([C@@H]2O[C@H](CO)CC2N2CCCC2)c(=O)[nH]1. The summed E-state index contributed by atoms with van der Waals surface area (Å²) in [6.07, 6.45) is 3.75. The summed E-state index contributed by atoms with van der Waals surface area (Å²) in [4.78, 5) is 27.6. The normalized spacial score (nSPS) is 30.9. The summed E-state index contributed by atoms with van der Waals surface area (Å²) in [7, 11) is 0. The van der Waals surface area contributed by atoms with E-state index in [-0.39, 0.29) is 18.8 Å². The number of nitrogens with one attached hydrogen (secondary N) is 1. The van der Waals surface area contributed by atoms with Gasteiger partial charge in [-0.25, -0.2) is 4.79 Å². The van der Waals surface area contributed by atoms with E-state index in [1.54, 1.807) is 0 Å². The van der Waals surface area contributed by atoms with Crippen LogP contribution in [0.4, 0.5) is 0 Å². The molecule has 2 aliphatic heterocycles. The van der Waals surface area contributed by atoms with E-state index in [1.165, 1.54) is 16.8 Å². The number of aliphatic hydroxyl groups excluding tert-OH is 1. The molecule has 20 heavy (non-hydrogen) atoms. The molecule has 1 aromatic heterocycles. The van der Waals surface area contributed by atoms with Crippen molar-refractivity contribution in [2.45, 2.75) is 37.6 Å². The van der Waals surface area contributed by atoms with E-state index < -0.39 is 17.5 Å². The Labute approximate surface area is 115 Å². The lowest BCUT2D eigenvalue weighted by Gasteiger charge is -2.28. The number of hydrogen-bond donors (Lipinski definition) is 2. The average molecular weight is 281 g/mol. The van der Waals surface area contributed by atoms with E-state index in [9.17, 15) is 14.7 Å². The highest BCUT2D eigenvalue weighted by Crippen LogP contribution is 2.33. The minimum Gasteiger partial charge on any atom is -0.394 e. The predicted octanol–water partition coefficient (Wildman–Crippen LogP) is -0.719. The van der Waals surface area contributed by atoms with E-state index in [1.807, 2.05) is 0 Å². The molecule has 0 spiro atoms.